The van der Waals surface area contributed by atoms with E-state index in [4.69, 9.17) is 23.7 Å². The summed E-state index contributed by atoms with van der Waals surface area (Å²) < 4.78 is 26.4. The maximum Gasteiger partial charge on any atom is 0.187 e. The topological polar surface area (TPSA) is 269 Å². The van der Waals surface area contributed by atoms with Crippen LogP contribution in [0.2, 0.25) is 0 Å². The van der Waals surface area contributed by atoms with Gasteiger partial charge in [0.25, 0.3) is 0 Å². The van der Waals surface area contributed by atoms with Gasteiger partial charge in [0.2, 0.25) is 0 Å². The van der Waals surface area contributed by atoms with Crippen LogP contribution in [0.1, 0.15) is 0 Å². The van der Waals surface area contributed by atoms with Gasteiger partial charge in [0.15, 0.2) is 18.9 Å². The Bertz CT molecular complexity index is 635. The Kier molecular flexibility index (Phi) is 9.54. The highest BCUT2D eigenvalue weighted by atomic mass is 16.8. The van der Waals surface area contributed by atoms with Crippen LogP contribution in [0.15, 0.2) is 0 Å². The normalized spacial score (nSPS) is 52.5. The zero-order valence-electron chi connectivity index (χ0n) is 17.7. The lowest BCUT2D eigenvalue weighted by atomic mass is 9.96. The van der Waals surface area contributed by atoms with Crippen LogP contribution in [-0.4, -0.2) is 168 Å². The first kappa shape index (κ1) is 27.9. The smallest absolute Gasteiger partial charge is 0.187 e. The SMILES string of the molecule is OC[C@H]1O[C@H](OC2[C@@H](CO)O[C@H](O)[C@H](O)[C@H]2O)[C@H](O)[C@@H](O)C1O[C@H]1O[C@H](CO)[C@@H](O)[C@H](O)[C@H]1O. The summed E-state index contributed by atoms with van der Waals surface area (Å²) in [6.45, 7) is -2.32. The number of hydrogen-bond acceptors (Lipinski definition) is 16. The van der Waals surface area contributed by atoms with Crippen molar-refractivity contribution in [3.05, 3.63) is 0 Å². The van der Waals surface area contributed by atoms with Crippen LogP contribution >= 0.6 is 0 Å². The third-order valence-corrected chi connectivity index (χ3v) is 6.09. The van der Waals surface area contributed by atoms with Crippen molar-refractivity contribution in [3.63, 3.8) is 0 Å². The lowest BCUT2D eigenvalue weighted by Gasteiger charge is -2.47. The highest BCUT2D eigenvalue weighted by molar-refractivity contribution is 4.96. The summed E-state index contributed by atoms with van der Waals surface area (Å²) in [6.07, 6.45) is -25.1. The molecule has 200 valence electrons. The van der Waals surface area contributed by atoms with Gasteiger partial charge in [0, 0.05) is 0 Å². The van der Waals surface area contributed by atoms with E-state index in [-0.39, 0.29) is 0 Å². The molecule has 16 heteroatoms. The van der Waals surface area contributed by atoms with Crippen molar-refractivity contribution in [1.29, 1.82) is 0 Å². The Labute approximate surface area is 192 Å². The first-order valence-corrected chi connectivity index (χ1v) is 10.6. The molecule has 16 nitrogen and oxygen atoms in total. The molecule has 3 heterocycles. The molecule has 0 spiro atoms. The average Bonchev–Trinajstić information content (AvgIpc) is 2.83. The summed E-state index contributed by atoms with van der Waals surface area (Å²) in [7, 11) is 0. The third kappa shape index (κ3) is 5.37. The summed E-state index contributed by atoms with van der Waals surface area (Å²) in [5.74, 6) is 0. The van der Waals surface area contributed by atoms with Crippen LogP contribution in [0.25, 0.3) is 0 Å². The molecule has 34 heavy (non-hydrogen) atoms. The number of hydrogen-bond donors (Lipinski definition) is 11. The Morgan fingerprint density at radius 1 is 0.441 bits per heavy atom. The Morgan fingerprint density at radius 2 is 0.853 bits per heavy atom. The lowest BCUT2D eigenvalue weighted by Crippen LogP contribution is -2.66. The van der Waals surface area contributed by atoms with Gasteiger partial charge in [-0.3, -0.25) is 0 Å². The molecule has 2 unspecified atom stereocenters. The molecule has 3 aliphatic rings. The van der Waals surface area contributed by atoms with Gasteiger partial charge in [-0.2, -0.15) is 0 Å². The summed E-state index contributed by atoms with van der Waals surface area (Å²) in [5, 5.41) is 109. The molecule has 0 bridgehead atoms. The first-order chi connectivity index (χ1) is 16.0. The Morgan fingerprint density at radius 3 is 1.35 bits per heavy atom. The zero-order valence-corrected chi connectivity index (χ0v) is 17.7. The molecule has 3 fully saturated rings. The highest BCUT2D eigenvalue weighted by Gasteiger charge is 2.53. The van der Waals surface area contributed by atoms with Crippen LogP contribution in [0, 0.1) is 0 Å². The van der Waals surface area contributed by atoms with Gasteiger partial charge < -0.3 is 79.9 Å². The van der Waals surface area contributed by atoms with Crippen molar-refractivity contribution in [3.8, 4) is 0 Å². The van der Waals surface area contributed by atoms with Gasteiger partial charge >= 0.3 is 0 Å². The first-order valence-electron chi connectivity index (χ1n) is 10.6. The van der Waals surface area contributed by atoms with E-state index in [1.54, 1.807) is 0 Å². The fraction of sp³-hybridized carbons (Fsp3) is 1.00. The molecule has 0 aromatic heterocycles. The van der Waals surface area contributed by atoms with E-state index in [1.165, 1.54) is 0 Å². The van der Waals surface area contributed by atoms with E-state index in [1.807, 2.05) is 0 Å². The molecular weight excluding hydrogens is 472 g/mol. The molecular formula is C18H32O16. The van der Waals surface area contributed by atoms with Crippen molar-refractivity contribution in [2.45, 2.75) is 92.1 Å². The third-order valence-electron chi connectivity index (χ3n) is 6.09. The van der Waals surface area contributed by atoms with E-state index in [2.05, 4.69) is 0 Å². The van der Waals surface area contributed by atoms with E-state index in [0.29, 0.717) is 0 Å². The van der Waals surface area contributed by atoms with Crippen LogP contribution < -0.4 is 0 Å². The Hall–Kier alpha value is -0.640. The molecule has 0 aromatic rings. The molecule has 3 saturated heterocycles. The maximum absolute atomic E-state index is 10.6. The van der Waals surface area contributed by atoms with Gasteiger partial charge in [0.05, 0.1) is 19.8 Å². The van der Waals surface area contributed by atoms with Gasteiger partial charge in [-0.25, -0.2) is 0 Å². The zero-order chi connectivity index (χ0) is 25.3. The van der Waals surface area contributed by atoms with Crippen molar-refractivity contribution in [2.75, 3.05) is 19.8 Å². The minimum Gasteiger partial charge on any atom is -0.394 e. The van der Waals surface area contributed by atoms with Crippen LogP contribution in [-0.2, 0) is 23.7 Å². The fourth-order valence-corrected chi connectivity index (χ4v) is 4.06. The fourth-order valence-electron chi connectivity index (χ4n) is 4.06. The van der Waals surface area contributed by atoms with Crippen molar-refractivity contribution >= 4 is 0 Å². The monoisotopic (exact) mass is 504 g/mol. The molecule has 0 radical (unpaired) electrons. The quantitative estimate of drug-likeness (QED) is 0.154. The second kappa shape index (κ2) is 11.6. The van der Waals surface area contributed by atoms with Crippen LogP contribution in [0.5, 0.6) is 0 Å². The summed E-state index contributed by atoms with van der Waals surface area (Å²) in [6, 6.07) is 0. The van der Waals surface area contributed by atoms with E-state index in [0.717, 1.165) is 0 Å². The maximum atomic E-state index is 10.6. The van der Waals surface area contributed by atoms with E-state index < -0.39 is 112 Å². The number of rotatable bonds is 7. The van der Waals surface area contributed by atoms with Crippen molar-refractivity contribution < 1.29 is 79.9 Å². The molecule has 0 amide bonds. The Balaban J connectivity index is 1.72. The molecule has 3 rings (SSSR count). The van der Waals surface area contributed by atoms with Gasteiger partial charge in [-0.1, -0.05) is 0 Å². The standard InChI is InChI=1S/C18H32O16/c19-1-4-7(22)8(23)12(27)17(31-4)34-15-6(3-21)32-18(13(28)10(15)25)33-14-5(2-20)30-16(29)11(26)9(14)24/h4-29H,1-3H2/t4-,5-,6-,7-,8+,9-,10-,11-,12-,13-,14?,15?,16+,17-,18-/m1/s1. The van der Waals surface area contributed by atoms with Gasteiger partial charge in [0.1, 0.15) is 73.2 Å². The number of ether oxygens (including phenoxy) is 5. The van der Waals surface area contributed by atoms with Crippen molar-refractivity contribution in [2.24, 2.45) is 0 Å². The molecule has 3 aliphatic heterocycles. The predicted molar refractivity (Wildman–Crippen MR) is 101 cm³/mol. The number of aliphatic hydroxyl groups is 11. The van der Waals surface area contributed by atoms with E-state index >= 15 is 0 Å². The van der Waals surface area contributed by atoms with Gasteiger partial charge in [-0.05, 0) is 0 Å². The summed E-state index contributed by atoms with van der Waals surface area (Å²) in [5.41, 5.74) is 0. The summed E-state index contributed by atoms with van der Waals surface area (Å²) >= 11 is 0. The summed E-state index contributed by atoms with van der Waals surface area (Å²) in [4.78, 5) is 0. The largest absolute Gasteiger partial charge is 0.394 e. The average molecular weight is 504 g/mol. The van der Waals surface area contributed by atoms with Crippen molar-refractivity contribution in [1.82, 2.24) is 0 Å². The van der Waals surface area contributed by atoms with Crippen LogP contribution in [0.4, 0.5) is 0 Å². The second-order valence-electron chi connectivity index (χ2n) is 8.33. The lowest BCUT2D eigenvalue weighted by molar-refractivity contribution is -0.377. The van der Waals surface area contributed by atoms with Crippen LogP contribution in [0.3, 0.4) is 0 Å². The molecule has 11 N–H and O–H groups in total. The van der Waals surface area contributed by atoms with Gasteiger partial charge in [-0.15, -0.1) is 0 Å². The highest BCUT2D eigenvalue weighted by Crippen LogP contribution is 2.32. The van der Waals surface area contributed by atoms with E-state index in [9.17, 15) is 56.2 Å². The second-order valence-corrected chi connectivity index (χ2v) is 8.33. The molecule has 0 aromatic carbocycles. The predicted octanol–water partition coefficient (Wildman–Crippen LogP) is -7.57. The minimum atomic E-state index is -1.91. The molecule has 0 saturated carbocycles. The molecule has 0 aliphatic carbocycles. The molecule has 15 atom stereocenters. The minimum absolute atomic E-state index is 0.741. The number of aliphatic hydroxyl groups excluding tert-OH is 11.